The van der Waals surface area contributed by atoms with Crippen molar-refractivity contribution < 1.29 is 14.7 Å². The molecule has 2 saturated heterocycles. The van der Waals surface area contributed by atoms with Gasteiger partial charge < -0.3 is 14.9 Å². The first-order valence-electron chi connectivity index (χ1n) is 8.93. The highest BCUT2D eigenvalue weighted by molar-refractivity contribution is 5.87. The van der Waals surface area contributed by atoms with Gasteiger partial charge in [0.15, 0.2) is 0 Å². The minimum atomic E-state index is -0.204. The molecular formula is C21H22N2O3. The van der Waals surface area contributed by atoms with Crippen LogP contribution in [0.5, 0.6) is 0 Å². The number of hydrogen-bond donors (Lipinski definition) is 1. The Kier molecular flexibility index (Phi) is 4.24. The molecule has 0 aliphatic carbocycles. The summed E-state index contributed by atoms with van der Waals surface area (Å²) >= 11 is 0. The number of hydrogen-bond acceptors (Lipinski definition) is 3. The molecule has 2 aromatic rings. The van der Waals surface area contributed by atoms with Crippen LogP contribution >= 0.6 is 0 Å². The van der Waals surface area contributed by atoms with Gasteiger partial charge in [0.2, 0.25) is 11.8 Å². The second-order valence-corrected chi connectivity index (χ2v) is 7.03. The van der Waals surface area contributed by atoms with E-state index in [0.29, 0.717) is 6.54 Å². The van der Waals surface area contributed by atoms with Gasteiger partial charge in [-0.2, -0.15) is 0 Å². The molecule has 2 aliphatic rings. The van der Waals surface area contributed by atoms with Gasteiger partial charge in [0, 0.05) is 19.4 Å². The van der Waals surface area contributed by atoms with Crippen molar-refractivity contribution in [3.05, 3.63) is 60.2 Å². The van der Waals surface area contributed by atoms with E-state index in [9.17, 15) is 14.7 Å². The Morgan fingerprint density at radius 1 is 1.08 bits per heavy atom. The van der Waals surface area contributed by atoms with Crippen molar-refractivity contribution in [2.45, 2.75) is 24.9 Å². The number of fused-ring (bicyclic) bond motifs is 1. The zero-order chi connectivity index (χ0) is 18.3. The number of rotatable bonds is 3. The minimum absolute atomic E-state index is 0.0518. The highest BCUT2D eigenvalue weighted by Gasteiger charge is 2.54. The molecule has 5 heteroatoms. The predicted molar refractivity (Wildman–Crippen MR) is 98.4 cm³/mol. The Hall–Kier alpha value is -2.66. The summed E-state index contributed by atoms with van der Waals surface area (Å²) in [5.74, 6) is -0.104. The van der Waals surface area contributed by atoms with Crippen molar-refractivity contribution in [3.63, 3.8) is 0 Å². The largest absolute Gasteiger partial charge is 0.394 e. The first-order valence-corrected chi connectivity index (χ1v) is 8.93. The lowest BCUT2D eigenvalue weighted by atomic mass is 9.73. The van der Waals surface area contributed by atoms with Crippen molar-refractivity contribution in [2.75, 3.05) is 19.7 Å². The van der Waals surface area contributed by atoms with Gasteiger partial charge >= 0.3 is 0 Å². The van der Waals surface area contributed by atoms with E-state index in [-0.39, 0.29) is 43.0 Å². The van der Waals surface area contributed by atoms with E-state index in [1.165, 1.54) is 6.92 Å². The van der Waals surface area contributed by atoms with Crippen LogP contribution in [0, 0.1) is 0 Å². The predicted octanol–water partition coefficient (Wildman–Crippen LogP) is 1.87. The van der Waals surface area contributed by atoms with E-state index < -0.39 is 0 Å². The number of aliphatic hydroxyl groups excluding tert-OH is 1. The summed E-state index contributed by atoms with van der Waals surface area (Å²) in [6.45, 7) is 2.08. The van der Waals surface area contributed by atoms with Crippen LogP contribution in [-0.2, 0) is 9.59 Å². The van der Waals surface area contributed by atoms with Gasteiger partial charge in [-0.25, -0.2) is 0 Å². The molecule has 1 N–H and O–H groups in total. The quantitative estimate of drug-likeness (QED) is 0.919. The molecule has 4 rings (SSSR count). The smallest absolute Gasteiger partial charge is 0.242 e. The number of benzene rings is 2. The lowest BCUT2D eigenvalue weighted by Crippen LogP contribution is -2.73. The molecule has 0 unspecified atom stereocenters. The average molecular weight is 350 g/mol. The van der Waals surface area contributed by atoms with Crippen LogP contribution in [0.15, 0.2) is 54.6 Å². The van der Waals surface area contributed by atoms with Gasteiger partial charge in [0.05, 0.1) is 25.2 Å². The maximum absolute atomic E-state index is 12.4. The van der Waals surface area contributed by atoms with Crippen LogP contribution in [0.1, 0.15) is 18.4 Å². The van der Waals surface area contributed by atoms with Gasteiger partial charge in [-0.1, -0.05) is 54.6 Å². The van der Waals surface area contributed by atoms with E-state index in [4.69, 9.17) is 0 Å². The topological polar surface area (TPSA) is 60.9 Å². The molecule has 26 heavy (non-hydrogen) atoms. The summed E-state index contributed by atoms with van der Waals surface area (Å²) in [5.41, 5.74) is 3.39. The van der Waals surface area contributed by atoms with E-state index in [1.54, 1.807) is 9.80 Å². The molecule has 0 radical (unpaired) electrons. The number of carbonyl (C=O) groups is 2. The van der Waals surface area contributed by atoms with Crippen molar-refractivity contribution in [3.8, 4) is 11.1 Å². The van der Waals surface area contributed by atoms with E-state index in [1.807, 2.05) is 18.2 Å². The third kappa shape index (κ3) is 2.69. The molecule has 5 nitrogen and oxygen atoms in total. The van der Waals surface area contributed by atoms with E-state index >= 15 is 0 Å². The molecule has 0 saturated carbocycles. The minimum Gasteiger partial charge on any atom is -0.394 e. The SMILES string of the molecule is CC(=O)N1CC(=O)N2[C@@H](CO)[C@H](c3ccc(-c4ccccc4)cc3)[C@@H]2C1. The third-order valence-corrected chi connectivity index (χ3v) is 5.60. The third-order valence-electron chi connectivity index (χ3n) is 5.60. The number of nitrogens with zero attached hydrogens (tertiary/aromatic N) is 2. The number of amides is 2. The fraction of sp³-hybridized carbons (Fsp3) is 0.333. The zero-order valence-electron chi connectivity index (χ0n) is 14.7. The molecule has 2 amide bonds. The van der Waals surface area contributed by atoms with Crippen LogP contribution in [0.25, 0.3) is 11.1 Å². The Labute approximate surface area is 152 Å². The first-order chi connectivity index (χ1) is 12.6. The van der Waals surface area contributed by atoms with E-state index in [2.05, 4.69) is 36.4 Å². The summed E-state index contributed by atoms with van der Waals surface area (Å²) in [7, 11) is 0. The molecule has 0 bridgehead atoms. The van der Waals surface area contributed by atoms with Crippen molar-refractivity contribution in [1.29, 1.82) is 0 Å². The summed E-state index contributed by atoms with van der Waals surface area (Å²) in [6, 6.07) is 18.2. The lowest BCUT2D eigenvalue weighted by molar-refractivity contribution is -0.166. The normalized spacial score (nSPS) is 24.8. The molecular weight excluding hydrogens is 328 g/mol. The van der Waals surface area contributed by atoms with Gasteiger partial charge in [0.25, 0.3) is 0 Å². The van der Waals surface area contributed by atoms with Crippen LogP contribution in [0.4, 0.5) is 0 Å². The van der Waals surface area contributed by atoms with Crippen LogP contribution in [-0.4, -0.2) is 58.5 Å². The summed E-state index contributed by atoms with van der Waals surface area (Å²) < 4.78 is 0. The Morgan fingerprint density at radius 3 is 2.35 bits per heavy atom. The standard InChI is InChI=1S/C21H22N2O3/c1-14(25)22-11-18-21(19(13-24)23(18)20(26)12-22)17-9-7-16(8-10-17)15-5-3-2-4-6-15/h2-10,18-19,21,24H,11-13H2,1H3/t18-,19-,21+/m0/s1. The maximum Gasteiger partial charge on any atom is 0.242 e. The van der Waals surface area contributed by atoms with Gasteiger partial charge in [-0.05, 0) is 16.7 Å². The van der Waals surface area contributed by atoms with Crippen LogP contribution < -0.4 is 0 Å². The molecule has 2 aliphatic heterocycles. The number of carbonyl (C=O) groups excluding carboxylic acids is 2. The molecule has 2 fully saturated rings. The fourth-order valence-corrected chi connectivity index (χ4v) is 4.27. The van der Waals surface area contributed by atoms with Gasteiger partial charge in [0.1, 0.15) is 0 Å². The monoisotopic (exact) mass is 350 g/mol. The number of piperazine rings is 1. The van der Waals surface area contributed by atoms with Gasteiger partial charge in [-0.3, -0.25) is 9.59 Å². The van der Waals surface area contributed by atoms with Gasteiger partial charge in [-0.15, -0.1) is 0 Å². The molecule has 0 aromatic heterocycles. The molecule has 2 heterocycles. The molecule has 0 spiro atoms. The first kappa shape index (κ1) is 16.8. The highest BCUT2D eigenvalue weighted by atomic mass is 16.3. The number of aliphatic hydroxyl groups is 1. The van der Waals surface area contributed by atoms with E-state index in [0.717, 1.165) is 16.7 Å². The zero-order valence-corrected chi connectivity index (χ0v) is 14.7. The summed E-state index contributed by atoms with van der Waals surface area (Å²) in [5, 5.41) is 9.81. The van der Waals surface area contributed by atoms with Crippen LogP contribution in [0.3, 0.4) is 0 Å². The van der Waals surface area contributed by atoms with Crippen molar-refractivity contribution in [2.24, 2.45) is 0 Å². The summed E-state index contributed by atoms with van der Waals surface area (Å²) in [6.07, 6.45) is 0. The Bertz CT molecular complexity index is 819. The summed E-state index contributed by atoms with van der Waals surface area (Å²) in [4.78, 5) is 27.5. The fourth-order valence-electron chi connectivity index (χ4n) is 4.27. The molecule has 3 atom stereocenters. The molecule has 134 valence electrons. The lowest BCUT2D eigenvalue weighted by Gasteiger charge is -2.58. The van der Waals surface area contributed by atoms with Crippen molar-refractivity contribution >= 4 is 11.8 Å². The second kappa shape index (κ2) is 6.57. The maximum atomic E-state index is 12.4. The molecule has 2 aromatic carbocycles. The van der Waals surface area contributed by atoms with Crippen molar-refractivity contribution in [1.82, 2.24) is 9.80 Å². The Morgan fingerprint density at radius 2 is 1.73 bits per heavy atom. The Balaban J connectivity index is 1.60. The average Bonchev–Trinajstić information content (AvgIpc) is 2.64. The second-order valence-electron chi connectivity index (χ2n) is 7.03. The highest BCUT2D eigenvalue weighted by Crippen LogP contribution is 2.43. The van der Waals surface area contributed by atoms with Crippen LogP contribution in [0.2, 0.25) is 0 Å².